The fourth-order valence-electron chi connectivity index (χ4n) is 1.86. The van der Waals surface area contributed by atoms with Crippen molar-refractivity contribution in [3.05, 3.63) is 42.2 Å². The SMILES string of the molecule is CCOc1ccc(Nc2ccnc(C#N)c2)cc1OCC. The summed E-state index contributed by atoms with van der Waals surface area (Å²) in [5, 5.41) is 12.1. The van der Waals surface area contributed by atoms with E-state index >= 15 is 0 Å². The van der Waals surface area contributed by atoms with Crippen LogP contribution in [0.15, 0.2) is 36.5 Å². The molecule has 1 aromatic heterocycles. The molecule has 0 fully saturated rings. The zero-order valence-corrected chi connectivity index (χ0v) is 12.1. The summed E-state index contributed by atoms with van der Waals surface area (Å²) < 4.78 is 11.1. The first-order valence-electron chi connectivity index (χ1n) is 6.79. The van der Waals surface area contributed by atoms with Crippen LogP contribution in [0, 0.1) is 11.3 Å². The van der Waals surface area contributed by atoms with Gasteiger partial charge in [-0.1, -0.05) is 0 Å². The van der Waals surface area contributed by atoms with Gasteiger partial charge in [0.25, 0.3) is 0 Å². The van der Waals surface area contributed by atoms with E-state index in [1.165, 1.54) is 0 Å². The van der Waals surface area contributed by atoms with Gasteiger partial charge in [0, 0.05) is 23.6 Å². The van der Waals surface area contributed by atoms with Gasteiger partial charge in [-0.05, 0) is 38.1 Å². The van der Waals surface area contributed by atoms with Crippen LogP contribution in [-0.2, 0) is 0 Å². The molecule has 0 spiro atoms. The van der Waals surface area contributed by atoms with Crippen molar-refractivity contribution < 1.29 is 9.47 Å². The predicted molar refractivity (Wildman–Crippen MR) is 81.0 cm³/mol. The second-order valence-corrected chi connectivity index (χ2v) is 4.19. The summed E-state index contributed by atoms with van der Waals surface area (Å²) in [7, 11) is 0. The van der Waals surface area contributed by atoms with E-state index in [9.17, 15) is 0 Å². The highest BCUT2D eigenvalue weighted by molar-refractivity contribution is 5.64. The Morgan fingerprint density at radius 1 is 1.05 bits per heavy atom. The van der Waals surface area contributed by atoms with Crippen LogP contribution < -0.4 is 14.8 Å². The monoisotopic (exact) mass is 283 g/mol. The molecule has 21 heavy (non-hydrogen) atoms. The molecule has 1 heterocycles. The van der Waals surface area contributed by atoms with E-state index in [0.717, 1.165) is 17.1 Å². The molecule has 0 unspecified atom stereocenters. The lowest BCUT2D eigenvalue weighted by Crippen LogP contribution is -1.99. The van der Waals surface area contributed by atoms with Gasteiger partial charge in [-0.15, -0.1) is 0 Å². The maximum atomic E-state index is 8.86. The first-order chi connectivity index (χ1) is 10.3. The Hall–Kier alpha value is -2.74. The molecule has 0 saturated heterocycles. The molecular weight excluding hydrogens is 266 g/mol. The maximum Gasteiger partial charge on any atom is 0.163 e. The summed E-state index contributed by atoms with van der Waals surface area (Å²) >= 11 is 0. The van der Waals surface area contributed by atoms with Crippen LogP contribution in [0.2, 0.25) is 0 Å². The molecule has 5 nitrogen and oxygen atoms in total. The molecule has 0 saturated carbocycles. The summed E-state index contributed by atoms with van der Waals surface area (Å²) in [6.45, 7) is 5.01. The first kappa shape index (κ1) is 14.7. The molecule has 2 aromatic rings. The smallest absolute Gasteiger partial charge is 0.163 e. The second-order valence-electron chi connectivity index (χ2n) is 4.19. The third kappa shape index (κ3) is 3.86. The minimum atomic E-state index is 0.371. The molecular formula is C16H17N3O2. The van der Waals surface area contributed by atoms with E-state index in [1.807, 2.05) is 38.1 Å². The number of hydrogen-bond acceptors (Lipinski definition) is 5. The molecule has 0 bridgehead atoms. The highest BCUT2D eigenvalue weighted by Crippen LogP contribution is 2.31. The van der Waals surface area contributed by atoms with Crippen molar-refractivity contribution in [3.8, 4) is 17.6 Å². The average molecular weight is 283 g/mol. The lowest BCUT2D eigenvalue weighted by Gasteiger charge is -2.13. The Kier molecular flexibility index (Phi) is 4.99. The van der Waals surface area contributed by atoms with Crippen LogP contribution in [-0.4, -0.2) is 18.2 Å². The zero-order valence-electron chi connectivity index (χ0n) is 12.1. The van der Waals surface area contributed by atoms with Gasteiger partial charge in [0.1, 0.15) is 11.8 Å². The molecule has 2 rings (SSSR count). The average Bonchev–Trinajstić information content (AvgIpc) is 2.50. The van der Waals surface area contributed by atoms with Crippen LogP contribution in [0.4, 0.5) is 11.4 Å². The Morgan fingerprint density at radius 3 is 2.48 bits per heavy atom. The van der Waals surface area contributed by atoms with Crippen LogP contribution in [0.25, 0.3) is 0 Å². The van der Waals surface area contributed by atoms with Gasteiger partial charge in [-0.3, -0.25) is 0 Å². The number of nitriles is 1. The van der Waals surface area contributed by atoms with Gasteiger partial charge in [-0.2, -0.15) is 5.26 Å². The third-order valence-corrected chi connectivity index (χ3v) is 2.71. The molecule has 0 radical (unpaired) electrons. The molecule has 0 aliphatic rings. The number of pyridine rings is 1. The van der Waals surface area contributed by atoms with Gasteiger partial charge in [-0.25, -0.2) is 4.98 Å². The van der Waals surface area contributed by atoms with E-state index in [4.69, 9.17) is 14.7 Å². The number of hydrogen-bond donors (Lipinski definition) is 1. The van der Waals surface area contributed by atoms with Crippen molar-refractivity contribution in [2.75, 3.05) is 18.5 Å². The summed E-state index contributed by atoms with van der Waals surface area (Å²) in [5.74, 6) is 1.41. The van der Waals surface area contributed by atoms with Gasteiger partial charge < -0.3 is 14.8 Å². The molecule has 0 aliphatic heterocycles. The summed E-state index contributed by atoms with van der Waals surface area (Å²) in [6, 6.07) is 11.2. The lowest BCUT2D eigenvalue weighted by atomic mass is 10.2. The quantitative estimate of drug-likeness (QED) is 0.879. The number of nitrogens with one attached hydrogen (secondary N) is 1. The summed E-state index contributed by atoms with van der Waals surface area (Å²) in [5.41, 5.74) is 2.03. The number of rotatable bonds is 6. The first-order valence-corrected chi connectivity index (χ1v) is 6.79. The summed E-state index contributed by atoms with van der Waals surface area (Å²) in [6.07, 6.45) is 1.60. The molecule has 0 amide bonds. The Bertz CT molecular complexity index is 650. The Labute approximate surface area is 124 Å². The number of aromatic nitrogens is 1. The fraction of sp³-hybridized carbons (Fsp3) is 0.250. The van der Waals surface area contributed by atoms with E-state index in [1.54, 1.807) is 18.3 Å². The van der Waals surface area contributed by atoms with E-state index < -0.39 is 0 Å². The minimum absolute atomic E-state index is 0.371. The van der Waals surface area contributed by atoms with Crippen LogP contribution in [0.5, 0.6) is 11.5 Å². The number of ether oxygens (including phenoxy) is 2. The van der Waals surface area contributed by atoms with E-state index in [-0.39, 0.29) is 0 Å². The van der Waals surface area contributed by atoms with Gasteiger partial charge >= 0.3 is 0 Å². The summed E-state index contributed by atoms with van der Waals surface area (Å²) in [4.78, 5) is 3.94. The lowest BCUT2D eigenvalue weighted by molar-refractivity contribution is 0.288. The second kappa shape index (κ2) is 7.15. The van der Waals surface area contributed by atoms with Gasteiger partial charge in [0.15, 0.2) is 11.5 Å². The molecule has 5 heteroatoms. The fourth-order valence-corrected chi connectivity index (χ4v) is 1.86. The topological polar surface area (TPSA) is 67.2 Å². The van der Waals surface area contributed by atoms with Gasteiger partial charge in [0.05, 0.1) is 13.2 Å². The van der Waals surface area contributed by atoms with Crippen LogP contribution in [0.1, 0.15) is 19.5 Å². The molecule has 0 atom stereocenters. The van der Waals surface area contributed by atoms with Crippen molar-refractivity contribution >= 4 is 11.4 Å². The van der Waals surface area contributed by atoms with Crippen molar-refractivity contribution in [2.45, 2.75) is 13.8 Å². The van der Waals surface area contributed by atoms with Crippen molar-refractivity contribution in [3.63, 3.8) is 0 Å². The molecule has 0 aliphatic carbocycles. The van der Waals surface area contributed by atoms with Crippen LogP contribution in [0.3, 0.4) is 0 Å². The predicted octanol–water partition coefficient (Wildman–Crippen LogP) is 3.49. The molecule has 1 N–H and O–H groups in total. The van der Waals surface area contributed by atoms with Crippen LogP contribution >= 0.6 is 0 Å². The third-order valence-electron chi connectivity index (χ3n) is 2.71. The van der Waals surface area contributed by atoms with Crippen molar-refractivity contribution in [1.82, 2.24) is 4.98 Å². The number of benzene rings is 1. The van der Waals surface area contributed by atoms with Crippen molar-refractivity contribution in [2.24, 2.45) is 0 Å². The van der Waals surface area contributed by atoms with Crippen molar-refractivity contribution in [1.29, 1.82) is 5.26 Å². The Morgan fingerprint density at radius 2 is 1.76 bits per heavy atom. The zero-order chi connectivity index (χ0) is 15.1. The Balaban J connectivity index is 2.23. The van der Waals surface area contributed by atoms with Gasteiger partial charge in [0.2, 0.25) is 0 Å². The van der Waals surface area contributed by atoms with E-state index in [2.05, 4.69) is 10.3 Å². The largest absolute Gasteiger partial charge is 0.490 e. The van der Waals surface area contributed by atoms with E-state index in [0.29, 0.717) is 24.7 Å². The highest BCUT2D eigenvalue weighted by Gasteiger charge is 2.06. The minimum Gasteiger partial charge on any atom is -0.490 e. The normalized spacial score (nSPS) is 9.76. The standard InChI is InChI=1S/C16H17N3O2/c1-3-20-15-6-5-12(10-16(15)21-4-2)19-13-7-8-18-14(9-13)11-17/h5-10H,3-4H2,1-2H3,(H,18,19). The number of nitrogens with zero attached hydrogens (tertiary/aromatic N) is 2. The maximum absolute atomic E-state index is 8.86. The highest BCUT2D eigenvalue weighted by atomic mass is 16.5. The molecule has 1 aromatic carbocycles. The number of anilines is 2. The molecule has 108 valence electrons.